The summed E-state index contributed by atoms with van der Waals surface area (Å²) in [6.45, 7) is 0.582. The Morgan fingerprint density at radius 2 is 2.13 bits per heavy atom. The number of halogens is 1. The van der Waals surface area contributed by atoms with E-state index < -0.39 is 6.10 Å². The van der Waals surface area contributed by atoms with E-state index in [1.807, 2.05) is 0 Å². The first kappa shape index (κ1) is 12.4. The SMILES string of the molecule is OC[C@H](O)CNCc1cc(O)ccc1Br. The van der Waals surface area contributed by atoms with Crippen molar-refractivity contribution in [2.45, 2.75) is 12.6 Å². The van der Waals surface area contributed by atoms with Gasteiger partial charge < -0.3 is 20.6 Å². The molecule has 0 radical (unpaired) electrons. The Kier molecular flexibility index (Phi) is 5.04. The molecule has 0 aliphatic heterocycles. The Morgan fingerprint density at radius 3 is 2.80 bits per heavy atom. The van der Waals surface area contributed by atoms with Crippen molar-refractivity contribution in [1.29, 1.82) is 0 Å². The lowest BCUT2D eigenvalue weighted by Crippen LogP contribution is -2.29. The summed E-state index contributed by atoms with van der Waals surface area (Å²) in [7, 11) is 0. The third-order valence-electron chi connectivity index (χ3n) is 1.94. The van der Waals surface area contributed by atoms with Crippen LogP contribution in [0.1, 0.15) is 5.56 Å². The minimum atomic E-state index is -0.749. The highest BCUT2D eigenvalue weighted by atomic mass is 79.9. The first-order valence-corrected chi connectivity index (χ1v) is 5.40. The van der Waals surface area contributed by atoms with Crippen LogP contribution in [0.2, 0.25) is 0 Å². The van der Waals surface area contributed by atoms with Crippen LogP contribution in [0, 0.1) is 0 Å². The van der Waals surface area contributed by atoms with Crippen molar-refractivity contribution in [2.24, 2.45) is 0 Å². The lowest BCUT2D eigenvalue weighted by atomic mass is 10.2. The molecule has 4 nitrogen and oxygen atoms in total. The van der Waals surface area contributed by atoms with Gasteiger partial charge in [-0.2, -0.15) is 0 Å². The molecule has 15 heavy (non-hydrogen) atoms. The van der Waals surface area contributed by atoms with Gasteiger partial charge in [-0.25, -0.2) is 0 Å². The second-order valence-corrected chi connectivity index (χ2v) is 4.10. The molecule has 1 atom stereocenters. The van der Waals surface area contributed by atoms with E-state index in [1.54, 1.807) is 18.2 Å². The van der Waals surface area contributed by atoms with E-state index >= 15 is 0 Å². The van der Waals surface area contributed by atoms with Gasteiger partial charge in [-0.05, 0) is 23.8 Å². The zero-order valence-electron chi connectivity index (χ0n) is 8.15. The maximum atomic E-state index is 9.25. The molecule has 0 saturated heterocycles. The molecule has 1 aromatic carbocycles. The molecule has 0 aliphatic rings. The molecule has 5 heteroatoms. The van der Waals surface area contributed by atoms with Crippen LogP contribution in [0.3, 0.4) is 0 Å². The normalized spacial score (nSPS) is 12.7. The Labute approximate surface area is 96.7 Å². The largest absolute Gasteiger partial charge is 0.508 e. The van der Waals surface area contributed by atoms with Crippen LogP contribution in [0.5, 0.6) is 5.75 Å². The molecule has 0 fully saturated rings. The highest BCUT2D eigenvalue weighted by Crippen LogP contribution is 2.21. The van der Waals surface area contributed by atoms with Crippen LogP contribution in [-0.4, -0.2) is 34.6 Å². The Balaban J connectivity index is 2.46. The lowest BCUT2D eigenvalue weighted by molar-refractivity contribution is 0.0942. The molecule has 0 heterocycles. The molecule has 0 amide bonds. The van der Waals surface area contributed by atoms with Gasteiger partial charge in [0.1, 0.15) is 5.75 Å². The monoisotopic (exact) mass is 275 g/mol. The predicted octanol–water partition coefficient (Wildman–Crippen LogP) is 0.597. The van der Waals surface area contributed by atoms with Gasteiger partial charge in [-0.1, -0.05) is 15.9 Å². The summed E-state index contributed by atoms with van der Waals surface area (Å²) in [5, 5.41) is 29.9. The Morgan fingerprint density at radius 1 is 1.40 bits per heavy atom. The number of hydrogen-bond acceptors (Lipinski definition) is 4. The van der Waals surface area contributed by atoms with Crippen molar-refractivity contribution in [3.8, 4) is 5.75 Å². The summed E-state index contributed by atoms with van der Waals surface area (Å²) in [5.74, 6) is 0.206. The van der Waals surface area contributed by atoms with Gasteiger partial charge in [0, 0.05) is 17.6 Å². The molecule has 0 bridgehead atoms. The summed E-state index contributed by atoms with van der Waals surface area (Å²) in [6.07, 6.45) is -0.749. The van der Waals surface area contributed by atoms with Gasteiger partial charge in [0.15, 0.2) is 0 Å². The zero-order chi connectivity index (χ0) is 11.3. The second kappa shape index (κ2) is 6.07. The molecule has 84 valence electrons. The van der Waals surface area contributed by atoms with E-state index in [0.29, 0.717) is 13.1 Å². The van der Waals surface area contributed by atoms with Crippen molar-refractivity contribution in [3.63, 3.8) is 0 Å². The summed E-state index contributed by atoms with van der Waals surface area (Å²) >= 11 is 3.35. The van der Waals surface area contributed by atoms with Gasteiger partial charge in [-0.3, -0.25) is 0 Å². The minimum absolute atomic E-state index is 0.206. The summed E-state index contributed by atoms with van der Waals surface area (Å²) < 4.78 is 0.895. The maximum Gasteiger partial charge on any atom is 0.115 e. The molecule has 0 aromatic heterocycles. The second-order valence-electron chi connectivity index (χ2n) is 3.24. The van der Waals surface area contributed by atoms with Gasteiger partial charge in [-0.15, -0.1) is 0 Å². The topological polar surface area (TPSA) is 72.7 Å². The van der Waals surface area contributed by atoms with E-state index in [4.69, 9.17) is 10.2 Å². The number of aliphatic hydroxyl groups is 2. The lowest BCUT2D eigenvalue weighted by Gasteiger charge is -2.10. The molecule has 4 N–H and O–H groups in total. The van der Waals surface area contributed by atoms with Gasteiger partial charge >= 0.3 is 0 Å². The van der Waals surface area contributed by atoms with Crippen LogP contribution < -0.4 is 5.32 Å². The average Bonchev–Trinajstić information content (AvgIpc) is 2.23. The van der Waals surface area contributed by atoms with E-state index in [-0.39, 0.29) is 12.4 Å². The fraction of sp³-hybridized carbons (Fsp3) is 0.400. The fourth-order valence-corrected chi connectivity index (χ4v) is 1.52. The van der Waals surface area contributed by atoms with Crippen LogP contribution in [0.15, 0.2) is 22.7 Å². The van der Waals surface area contributed by atoms with E-state index in [1.165, 1.54) is 0 Å². The number of rotatable bonds is 5. The molecule has 0 saturated carbocycles. The third kappa shape index (κ3) is 4.17. The number of phenols is 1. The predicted molar refractivity (Wildman–Crippen MR) is 60.6 cm³/mol. The van der Waals surface area contributed by atoms with E-state index in [9.17, 15) is 5.11 Å². The standard InChI is InChI=1S/C10H14BrNO3/c11-10-2-1-8(14)3-7(10)4-12-5-9(15)6-13/h1-3,9,12-15H,4-6H2/t9-/m1/s1. The third-order valence-corrected chi connectivity index (χ3v) is 2.71. The fourth-order valence-electron chi connectivity index (χ4n) is 1.13. The Bertz CT molecular complexity index is 320. The zero-order valence-corrected chi connectivity index (χ0v) is 9.74. The first-order valence-electron chi connectivity index (χ1n) is 4.60. The summed E-state index contributed by atoms with van der Waals surface area (Å²) in [6, 6.07) is 4.99. The molecule has 1 rings (SSSR count). The molecule has 0 spiro atoms. The van der Waals surface area contributed by atoms with E-state index in [0.717, 1.165) is 10.0 Å². The van der Waals surface area contributed by atoms with Crippen LogP contribution >= 0.6 is 15.9 Å². The van der Waals surface area contributed by atoms with Gasteiger partial charge in [0.05, 0.1) is 12.7 Å². The van der Waals surface area contributed by atoms with Crippen LogP contribution in [0.25, 0.3) is 0 Å². The number of nitrogens with one attached hydrogen (secondary N) is 1. The smallest absolute Gasteiger partial charge is 0.115 e. The molecular weight excluding hydrogens is 262 g/mol. The van der Waals surface area contributed by atoms with Crippen molar-refractivity contribution >= 4 is 15.9 Å². The van der Waals surface area contributed by atoms with Crippen molar-refractivity contribution < 1.29 is 15.3 Å². The summed E-state index contributed by atoms with van der Waals surface area (Å²) in [5.41, 5.74) is 0.903. The summed E-state index contributed by atoms with van der Waals surface area (Å²) in [4.78, 5) is 0. The highest BCUT2D eigenvalue weighted by molar-refractivity contribution is 9.10. The minimum Gasteiger partial charge on any atom is -0.508 e. The number of aromatic hydroxyl groups is 1. The van der Waals surface area contributed by atoms with Crippen LogP contribution in [0.4, 0.5) is 0 Å². The van der Waals surface area contributed by atoms with Crippen molar-refractivity contribution in [1.82, 2.24) is 5.32 Å². The Hall–Kier alpha value is -0.620. The maximum absolute atomic E-state index is 9.25. The quantitative estimate of drug-likeness (QED) is 0.635. The van der Waals surface area contributed by atoms with Crippen LogP contribution in [-0.2, 0) is 6.54 Å². The number of phenolic OH excluding ortho intramolecular Hbond substituents is 1. The van der Waals surface area contributed by atoms with Crippen molar-refractivity contribution in [2.75, 3.05) is 13.2 Å². The van der Waals surface area contributed by atoms with E-state index in [2.05, 4.69) is 21.2 Å². The molecular formula is C10H14BrNO3. The number of hydrogen-bond donors (Lipinski definition) is 4. The number of benzene rings is 1. The number of aliphatic hydroxyl groups excluding tert-OH is 2. The molecule has 0 unspecified atom stereocenters. The average molecular weight is 276 g/mol. The highest BCUT2D eigenvalue weighted by Gasteiger charge is 2.03. The van der Waals surface area contributed by atoms with Gasteiger partial charge in [0.2, 0.25) is 0 Å². The molecule has 0 aliphatic carbocycles. The van der Waals surface area contributed by atoms with Gasteiger partial charge in [0.25, 0.3) is 0 Å². The first-order chi connectivity index (χ1) is 7.13. The molecule has 1 aromatic rings. The van der Waals surface area contributed by atoms with Crippen molar-refractivity contribution in [3.05, 3.63) is 28.2 Å².